The van der Waals surface area contributed by atoms with Gasteiger partial charge in [-0.3, -0.25) is 14.3 Å². The number of hydrogen-bond donors (Lipinski definition) is 3. The molecule has 3 rings (SSSR count). The number of nitrogens with one attached hydrogen (secondary N) is 2. The number of benzene rings is 1. The third-order valence-corrected chi connectivity index (χ3v) is 5.80. The van der Waals surface area contributed by atoms with E-state index in [-0.39, 0.29) is 30.2 Å². The average molecular weight is 428 g/mol. The molecule has 168 valence electrons. The minimum absolute atomic E-state index is 0.160. The van der Waals surface area contributed by atoms with Gasteiger partial charge in [0.05, 0.1) is 17.8 Å². The van der Waals surface area contributed by atoms with Gasteiger partial charge in [-0.15, -0.1) is 0 Å². The molecule has 0 spiro atoms. The molecule has 2 aromatic rings. The van der Waals surface area contributed by atoms with Crippen molar-refractivity contribution in [2.24, 2.45) is 12.5 Å². The minimum Gasteiger partial charge on any atom is -0.391 e. The van der Waals surface area contributed by atoms with Crippen LogP contribution in [0.5, 0.6) is 0 Å². The average Bonchev–Trinajstić information content (AvgIpc) is 3.31. The van der Waals surface area contributed by atoms with E-state index in [1.165, 1.54) is 4.90 Å². The number of rotatable bonds is 6. The highest BCUT2D eigenvalue weighted by Crippen LogP contribution is 2.26. The Bertz CT molecular complexity index is 916. The lowest BCUT2D eigenvalue weighted by Gasteiger charge is -2.34. The first-order valence-electron chi connectivity index (χ1n) is 10.6. The Morgan fingerprint density at radius 2 is 1.90 bits per heavy atom. The van der Waals surface area contributed by atoms with Gasteiger partial charge in [-0.2, -0.15) is 5.10 Å². The second-order valence-electron chi connectivity index (χ2n) is 9.24. The van der Waals surface area contributed by atoms with Crippen molar-refractivity contribution >= 4 is 11.8 Å². The topological polar surface area (TPSA) is 99.5 Å². The number of amides is 2. The van der Waals surface area contributed by atoms with Crippen molar-refractivity contribution in [3.8, 4) is 11.3 Å². The Balaban J connectivity index is 1.65. The molecule has 1 aliphatic rings. The smallest absolute Gasteiger partial charge is 0.243 e. The number of β-amino-alcohol motifs (C(OH)–C–C–N with tert-alkyl or cyclic N) is 1. The van der Waals surface area contributed by atoms with E-state index in [9.17, 15) is 14.7 Å². The fourth-order valence-corrected chi connectivity index (χ4v) is 4.16. The highest BCUT2D eigenvalue weighted by atomic mass is 16.3. The van der Waals surface area contributed by atoms with Crippen LogP contribution in [-0.4, -0.2) is 63.4 Å². The molecule has 1 fully saturated rings. The summed E-state index contributed by atoms with van der Waals surface area (Å²) in [4.78, 5) is 27.5. The zero-order valence-corrected chi connectivity index (χ0v) is 18.9. The second kappa shape index (κ2) is 9.20. The molecule has 31 heavy (non-hydrogen) atoms. The fraction of sp³-hybridized carbons (Fsp3) is 0.522. The number of aromatic nitrogens is 2. The Kier molecular flexibility index (Phi) is 6.81. The van der Waals surface area contributed by atoms with Crippen molar-refractivity contribution in [2.75, 3.05) is 13.6 Å². The molecule has 3 atom stereocenters. The van der Waals surface area contributed by atoms with Crippen LogP contribution in [0.2, 0.25) is 0 Å². The van der Waals surface area contributed by atoms with Crippen molar-refractivity contribution in [3.05, 3.63) is 42.1 Å². The zero-order valence-electron chi connectivity index (χ0n) is 18.9. The molecule has 8 heteroatoms. The standard InChI is InChI=1S/C23H33N5O3/c1-23(2,3)20(24-4)22(31)28-14-17(29)12-19(28)21(30)25-13-15-6-8-16(9-7-15)18-10-11-26-27(18)5/h6-11,17,19-20,24,29H,12-14H2,1-5H3,(H,25,30). The van der Waals surface area contributed by atoms with Gasteiger partial charge >= 0.3 is 0 Å². The number of carbonyl (C=O) groups excluding carboxylic acids is 2. The van der Waals surface area contributed by atoms with Gasteiger partial charge in [0.25, 0.3) is 0 Å². The molecule has 1 saturated heterocycles. The summed E-state index contributed by atoms with van der Waals surface area (Å²) in [6.07, 6.45) is 1.30. The monoisotopic (exact) mass is 427 g/mol. The number of aliphatic hydroxyl groups is 1. The predicted octanol–water partition coefficient (Wildman–Crippen LogP) is 1.30. The van der Waals surface area contributed by atoms with Crippen molar-refractivity contribution in [3.63, 3.8) is 0 Å². The maximum Gasteiger partial charge on any atom is 0.243 e. The first-order chi connectivity index (χ1) is 14.6. The third-order valence-electron chi connectivity index (χ3n) is 5.80. The summed E-state index contributed by atoms with van der Waals surface area (Å²) in [6, 6.07) is 8.76. The molecule has 0 bridgehead atoms. The number of nitrogens with zero attached hydrogens (tertiary/aromatic N) is 3. The Hall–Kier alpha value is -2.71. The van der Waals surface area contributed by atoms with E-state index in [2.05, 4.69) is 15.7 Å². The molecule has 1 aromatic heterocycles. The van der Waals surface area contributed by atoms with Crippen LogP contribution in [0.3, 0.4) is 0 Å². The number of hydrogen-bond acceptors (Lipinski definition) is 5. The second-order valence-corrected chi connectivity index (χ2v) is 9.24. The van der Waals surface area contributed by atoms with Gasteiger partial charge in [-0.25, -0.2) is 0 Å². The maximum absolute atomic E-state index is 13.1. The van der Waals surface area contributed by atoms with E-state index in [4.69, 9.17) is 0 Å². The van der Waals surface area contributed by atoms with Crippen molar-refractivity contribution in [1.82, 2.24) is 25.3 Å². The van der Waals surface area contributed by atoms with Gasteiger partial charge in [0.15, 0.2) is 0 Å². The van der Waals surface area contributed by atoms with Crippen LogP contribution in [0.25, 0.3) is 11.3 Å². The number of aliphatic hydroxyl groups excluding tert-OH is 1. The molecule has 3 N–H and O–H groups in total. The van der Waals surface area contributed by atoms with E-state index >= 15 is 0 Å². The lowest BCUT2D eigenvalue weighted by atomic mass is 9.86. The van der Waals surface area contributed by atoms with E-state index in [0.717, 1.165) is 16.8 Å². The van der Waals surface area contributed by atoms with Crippen LogP contribution < -0.4 is 10.6 Å². The molecule has 0 radical (unpaired) electrons. The van der Waals surface area contributed by atoms with Crippen LogP contribution >= 0.6 is 0 Å². The molecule has 1 aromatic carbocycles. The summed E-state index contributed by atoms with van der Waals surface area (Å²) in [6.45, 7) is 6.45. The van der Waals surface area contributed by atoms with Gasteiger partial charge in [0.2, 0.25) is 11.8 Å². The summed E-state index contributed by atoms with van der Waals surface area (Å²) in [5.41, 5.74) is 2.71. The summed E-state index contributed by atoms with van der Waals surface area (Å²) >= 11 is 0. The molecule has 1 aliphatic heterocycles. The lowest BCUT2D eigenvalue weighted by Crippen LogP contribution is -2.55. The summed E-state index contributed by atoms with van der Waals surface area (Å²) in [7, 11) is 3.63. The molecular weight excluding hydrogens is 394 g/mol. The van der Waals surface area contributed by atoms with Crippen molar-refractivity contribution in [1.29, 1.82) is 0 Å². The highest BCUT2D eigenvalue weighted by Gasteiger charge is 2.43. The first kappa shape index (κ1) is 23.0. The van der Waals surface area contributed by atoms with E-state index < -0.39 is 18.2 Å². The predicted molar refractivity (Wildman–Crippen MR) is 119 cm³/mol. The SMILES string of the molecule is CNC(C(=O)N1CC(O)CC1C(=O)NCc1ccc(-c2ccnn2C)cc1)C(C)(C)C. The Morgan fingerprint density at radius 3 is 2.45 bits per heavy atom. The number of likely N-dealkylation sites (tertiary alicyclic amines) is 1. The van der Waals surface area contributed by atoms with Gasteiger partial charge in [-0.05, 0) is 29.7 Å². The summed E-state index contributed by atoms with van der Waals surface area (Å²) in [5.74, 6) is -0.406. The normalized spacial score (nSPS) is 20.0. The molecule has 8 nitrogen and oxygen atoms in total. The van der Waals surface area contributed by atoms with Crippen LogP contribution in [0.1, 0.15) is 32.8 Å². The first-order valence-corrected chi connectivity index (χ1v) is 10.6. The van der Waals surface area contributed by atoms with E-state index in [1.54, 1.807) is 13.2 Å². The molecule has 0 saturated carbocycles. The summed E-state index contributed by atoms with van der Waals surface area (Å²) in [5, 5.41) is 20.3. The maximum atomic E-state index is 13.1. The Labute approximate surface area is 183 Å². The van der Waals surface area contributed by atoms with Crippen molar-refractivity contribution < 1.29 is 14.7 Å². The molecular formula is C23H33N5O3. The van der Waals surface area contributed by atoms with E-state index in [1.807, 2.05) is 62.8 Å². The summed E-state index contributed by atoms with van der Waals surface area (Å²) < 4.78 is 1.81. The molecule has 2 heterocycles. The quantitative estimate of drug-likeness (QED) is 0.645. The van der Waals surface area contributed by atoms with Crippen LogP contribution in [0.15, 0.2) is 36.5 Å². The third kappa shape index (κ3) is 5.14. The van der Waals surface area contributed by atoms with Gasteiger partial charge in [0.1, 0.15) is 6.04 Å². The molecule has 0 aliphatic carbocycles. The fourth-order valence-electron chi connectivity index (χ4n) is 4.16. The number of carbonyl (C=O) groups is 2. The van der Waals surface area contributed by atoms with Crippen LogP contribution in [-0.2, 0) is 23.2 Å². The van der Waals surface area contributed by atoms with Gasteiger partial charge in [-0.1, -0.05) is 45.0 Å². The lowest BCUT2D eigenvalue weighted by molar-refractivity contribution is -0.142. The van der Waals surface area contributed by atoms with Crippen molar-refractivity contribution in [2.45, 2.75) is 51.9 Å². The molecule has 2 amide bonds. The van der Waals surface area contributed by atoms with Gasteiger partial charge < -0.3 is 20.6 Å². The zero-order chi connectivity index (χ0) is 22.8. The minimum atomic E-state index is -0.699. The Morgan fingerprint density at radius 1 is 1.23 bits per heavy atom. The number of aryl methyl sites for hydroxylation is 1. The molecule has 3 unspecified atom stereocenters. The largest absolute Gasteiger partial charge is 0.391 e. The van der Waals surface area contributed by atoms with Crippen LogP contribution in [0.4, 0.5) is 0 Å². The van der Waals surface area contributed by atoms with Crippen LogP contribution in [0, 0.1) is 5.41 Å². The number of likely N-dealkylation sites (N-methyl/N-ethyl adjacent to an activating group) is 1. The van der Waals surface area contributed by atoms with Gasteiger partial charge in [0, 0.05) is 32.8 Å². The highest BCUT2D eigenvalue weighted by molar-refractivity contribution is 5.91. The van der Waals surface area contributed by atoms with E-state index in [0.29, 0.717) is 6.54 Å².